The fourth-order valence-electron chi connectivity index (χ4n) is 2.36. The van der Waals surface area contributed by atoms with Gasteiger partial charge in [0.15, 0.2) is 9.84 Å². The van der Waals surface area contributed by atoms with Gasteiger partial charge in [-0.2, -0.15) is 11.3 Å². The highest BCUT2D eigenvalue weighted by Gasteiger charge is 2.13. The Morgan fingerprint density at radius 1 is 1.12 bits per heavy atom. The van der Waals surface area contributed by atoms with Gasteiger partial charge in [0, 0.05) is 12.3 Å². The number of sulfone groups is 1. The molecular weight excluding hydrogens is 344 g/mol. The lowest BCUT2D eigenvalue weighted by Gasteiger charge is -2.18. The molecule has 1 aromatic heterocycles. The van der Waals surface area contributed by atoms with Crippen molar-refractivity contribution in [3.05, 3.63) is 52.2 Å². The summed E-state index contributed by atoms with van der Waals surface area (Å²) in [4.78, 5) is 12.3. The zero-order valence-corrected chi connectivity index (χ0v) is 15.6. The molecule has 1 heterocycles. The summed E-state index contributed by atoms with van der Waals surface area (Å²) in [7, 11) is -3.21. The number of carbonyl (C=O) groups excluding carboxylic acids is 1. The number of thiophene rings is 1. The van der Waals surface area contributed by atoms with Crippen LogP contribution in [0.25, 0.3) is 0 Å². The smallest absolute Gasteiger partial charge is 0.315 e. The second-order valence-electron chi connectivity index (χ2n) is 5.92. The van der Waals surface area contributed by atoms with E-state index in [1.54, 1.807) is 35.6 Å². The van der Waals surface area contributed by atoms with E-state index in [1.807, 2.05) is 25.3 Å². The number of hydrogen-bond acceptors (Lipinski definition) is 4. The van der Waals surface area contributed by atoms with Gasteiger partial charge < -0.3 is 10.6 Å². The number of nitrogens with one attached hydrogen (secondary N) is 2. The summed E-state index contributed by atoms with van der Waals surface area (Å²) in [6.07, 6.45) is 1.96. The highest BCUT2D eigenvalue weighted by Crippen LogP contribution is 2.16. The molecule has 2 rings (SSSR count). The summed E-state index contributed by atoms with van der Waals surface area (Å²) in [6.45, 7) is 3.82. The molecule has 0 aliphatic heterocycles. The molecule has 5 nitrogen and oxygen atoms in total. The maximum absolute atomic E-state index is 12.1. The van der Waals surface area contributed by atoms with E-state index in [-0.39, 0.29) is 23.0 Å². The molecule has 0 saturated heterocycles. The minimum atomic E-state index is -3.21. The highest BCUT2D eigenvalue weighted by molar-refractivity contribution is 7.90. The zero-order valence-electron chi connectivity index (χ0n) is 13.9. The maximum Gasteiger partial charge on any atom is 0.315 e. The Kier molecular flexibility index (Phi) is 6.01. The number of amides is 2. The molecule has 2 N–H and O–H groups in total. The molecule has 0 saturated carbocycles. The van der Waals surface area contributed by atoms with Gasteiger partial charge in [0.2, 0.25) is 0 Å². The molecule has 0 aliphatic rings. The summed E-state index contributed by atoms with van der Waals surface area (Å²) in [6, 6.07) is 8.17. The van der Waals surface area contributed by atoms with E-state index >= 15 is 0 Å². The van der Waals surface area contributed by atoms with Crippen LogP contribution in [0.5, 0.6) is 0 Å². The van der Waals surface area contributed by atoms with Crippen LogP contribution in [0.2, 0.25) is 0 Å². The molecule has 0 spiro atoms. The molecule has 1 aromatic carbocycles. The molecule has 0 bridgehead atoms. The predicted octanol–water partition coefficient (Wildman–Crippen LogP) is 3.14. The minimum Gasteiger partial charge on any atom is -0.335 e. The SMILES string of the molecule is CC(Cc1ccsc1)NC(=O)NC(C)c1ccc(S(C)(=O)=O)cc1. The van der Waals surface area contributed by atoms with E-state index in [0.29, 0.717) is 0 Å². The van der Waals surface area contributed by atoms with E-state index in [4.69, 9.17) is 0 Å². The van der Waals surface area contributed by atoms with E-state index in [1.165, 1.54) is 11.8 Å². The van der Waals surface area contributed by atoms with Crippen molar-refractivity contribution in [2.75, 3.05) is 6.26 Å². The Bertz CT molecular complexity index is 769. The Labute approximate surface area is 147 Å². The molecule has 24 heavy (non-hydrogen) atoms. The molecule has 0 fully saturated rings. The molecule has 2 unspecified atom stereocenters. The van der Waals surface area contributed by atoms with E-state index in [0.717, 1.165) is 12.0 Å². The first kappa shape index (κ1) is 18.5. The second kappa shape index (κ2) is 7.81. The summed E-state index contributed by atoms with van der Waals surface area (Å²) in [5.74, 6) is 0. The van der Waals surface area contributed by atoms with Crippen LogP contribution in [0, 0.1) is 0 Å². The first-order chi connectivity index (χ1) is 11.3. The average Bonchev–Trinajstić information content (AvgIpc) is 2.98. The minimum absolute atomic E-state index is 0.0272. The van der Waals surface area contributed by atoms with E-state index in [2.05, 4.69) is 16.0 Å². The number of carbonyl (C=O) groups is 1. The van der Waals surface area contributed by atoms with Crippen LogP contribution in [0.3, 0.4) is 0 Å². The third kappa shape index (κ3) is 5.35. The quantitative estimate of drug-likeness (QED) is 0.825. The van der Waals surface area contributed by atoms with Gasteiger partial charge in [-0.15, -0.1) is 0 Å². The van der Waals surface area contributed by atoms with Crippen LogP contribution < -0.4 is 10.6 Å². The fourth-order valence-corrected chi connectivity index (χ4v) is 3.67. The molecule has 2 aromatic rings. The van der Waals surface area contributed by atoms with Crippen molar-refractivity contribution >= 4 is 27.2 Å². The largest absolute Gasteiger partial charge is 0.335 e. The van der Waals surface area contributed by atoms with Crippen molar-refractivity contribution in [2.45, 2.75) is 37.2 Å². The van der Waals surface area contributed by atoms with Gasteiger partial charge >= 0.3 is 6.03 Å². The summed E-state index contributed by atoms with van der Waals surface area (Å²) in [5, 5.41) is 9.87. The van der Waals surface area contributed by atoms with Crippen LogP contribution >= 0.6 is 11.3 Å². The number of benzene rings is 1. The van der Waals surface area contributed by atoms with Crippen molar-refractivity contribution in [2.24, 2.45) is 0 Å². The van der Waals surface area contributed by atoms with Crippen molar-refractivity contribution in [1.29, 1.82) is 0 Å². The third-order valence-corrected chi connectivity index (χ3v) is 5.52. The van der Waals surface area contributed by atoms with Gasteiger partial charge in [-0.1, -0.05) is 12.1 Å². The predicted molar refractivity (Wildman–Crippen MR) is 97.1 cm³/mol. The summed E-state index contributed by atoms with van der Waals surface area (Å²) >= 11 is 1.64. The highest BCUT2D eigenvalue weighted by atomic mass is 32.2. The molecular formula is C17H22N2O3S2. The normalized spacial score (nSPS) is 14.0. The van der Waals surface area contributed by atoms with Crippen molar-refractivity contribution in [1.82, 2.24) is 10.6 Å². The first-order valence-corrected chi connectivity index (χ1v) is 10.5. The van der Waals surface area contributed by atoms with Gasteiger partial charge in [0.25, 0.3) is 0 Å². The van der Waals surface area contributed by atoms with Gasteiger partial charge in [0.05, 0.1) is 10.9 Å². The molecule has 2 atom stereocenters. The first-order valence-electron chi connectivity index (χ1n) is 7.64. The number of urea groups is 1. The topological polar surface area (TPSA) is 75.3 Å². The van der Waals surface area contributed by atoms with Gasteiger partial charge in [-0.3, -0.25) is 0 Å². The Morgan fingerprint density at radius 3 is 2.33 bits per heavy atom. The molecule has 7 heteroatoms. The Hall–Kier alpha value is -1.86. The van der Waals surface area contributed by atoms with Gasteiger partial charge in [0.1, 0.15) is 0 Å². The monoisotopic (exact) mass is 366 g/mol. The number of rotatable bonds is 6. The van der Waals surface area contributed by atoms with E-state index < -0.39 is 9.84 Å². The molecule has 2 amide bonds. The number of hydrogen-bond donors (Lipinski definition) is 2. The lowest BCUT2D eigenvalue weighted by Crippen LogP contribution is -2.42. The Balaban J connectivity index is 1.89. The molecule has 0 aliphatic carbocycles. The second-order valence-corrected chi connectivity index (χ2v) is 8.71. The van der Waals surface area contributed by atoms with Crippen LogP contribution in [0.4, 0.5) is 4.79 Å². The van der Waals surface area contributed by atoms with Crippen LogP contribution in [0.15, 0.2) is 46.0 Å². The Morgan fingerprint density at radius 2 is 1.79 bits per heavy atom. The van der Waals surface area contributed by atoms with E-state index in [9.17, 15) is 13.2 Å². The zero-order chi connectivity index (χ0) is 17.7. The summed E-state index contributed by atoms with van der Waals surface area (Å²) < 4.78 is 22.9. The standard InChI is InChI=1S/C17H22N2O3S2/c1-12(10-14-8-9-23-11-14)18-17(20)19-13(2)15-4-6-16(7-5-15)24(3,21)22/h4-9,11-13H,10H2,1-3H3,(H2,18,19,20). The molecule has 130 valence electrons. The maximum atomic E-state index is 12.1. The van der Waals surface area contributed by atoms with Crippen LogP contribution in [-0.4, -0.2) is 26.7 Å². The average molecular weight is 367 g/mol. The molecule has 0 radical (unpaired) electrons. The van der Waals surface area contributed by atoms with Crippen molar-refractivity contribution in [3.8, 4) is 0 Å². The van der Waals surface area contributed by atoms with Crippen LogP contribution in [-0.2, 0) is 16.3 Å². The third-order valence-electron chi connectivity index (χ3n) is 3.66. The van der Waals surface area contributed by atoms with Gasteiger partial charge in [-0.05, 0) is 60.4 Å². The van der Waals surface area contributed by atoms with Gasteiger partial charge in [-0.25, -0.2) is 13.2 Å². The lowest BCUT2D eigenvalue weighted by molar-refractivity contribution is 0.234. The lowest BCUT2D eigenvalue weighted by atomic mass is 10.1. The fraction of sp³-hybridized carbons (Fsp3) is 0.353. The van der Waals surface area contributed by atoms with Crippen molar-refractivity contribution in [3.63, 3.8) is 0 Å². The summed E-state index contributed by atoms with van der Waals surface area (Å²) in [5.41, 5.74) is 2.06. The van der Waals surface area contributed by atoms with Crippen LogP contribution in [0.1, 0.15) is 31.0 Å². The van der Waals surface area contributed by atoms with Crippen molar-refractivity contribution < 1.29 is 13.2 Å².